The largest absolute Gasteiger partial charge is 0.462 e. The quantitative estimate of drug-likeness (QED) is 0.477. The molecule has 1 saturated carbocycles. The Labute approximate surface area is 202 Å². The standard InChI is InChI=1S/C26H26N2O7/c1-2-34-25(32)16-8-11-18(12-9-16)27-22(29)15-35-26(33)17-10-13-20-21(14-17)24(31)28(23(20)30)19-6-4-3-5-7-19/h8-14,19H,2-7,15H2,1H3,(H,27,29). The predicted octanol–water partition coefficient (Wildman–Crippen LogP) is 3.59. The molecule has 1 aliphatic carbocycles. The van der Waals surface area contributed by atoms with Crippen LogP contribution in [-0.4, -0.2) is 53.8 Å². The van der Waals surface area contributed by atoms with Crippen LogP contribution in [0.3, 0.4) is 0 Å². The van der Waals surface area contributed by atoms with Crippen molar-refractivity contribution in [3.8, 4) is 0 Å². The number of carbonyl (C=O) groups excluding carboxylic acids is 5. The van der Waals surface area contributed by atoms with Crippen LogP contribution in [0.1, 0.15) is 80.5 Å². The fourth-order valence-electron chi connectivity index (χ4n) is 4.37. The summed E-state index contributed by atoms with van der Waals surface area (Å²) in [5.41, 5.74) is 1.32. The molecular formula is C26H26N2O7. The number of esters is 2. The second-order valence-electron chi connectivity index (χ2n) is 8.45. The molecule has 2 aromatic rings. The van der Waals surface area contributed by atoms with E-state index in [0.717, 1.165) is 32.1 Å². The molecule has 0 spiro atoms. The maximum Gasteiger partial charge on any atom is 0.338 e. The number of nitrogens with one attached hydrogen (secondary N) is 1. The predicted molar refractivity (Wildman–Crippen MR) is 125 cm³/mol. The van der Waals surface area contributed by atoms with Gasteiger partial charge in [0.15, 0.2) is 6.61 Å². The van der Waals surface area contributed by atoms with Crippen LogP contribution in [0.4, 0.5) is 5.69 Å². The third-order valence-corrected chi connectivity index (χ3v) is 6.11. The first kappa shape index (κ1) is 24.1. The Kier molecular flexibility index (Phi) is 7.24. The van der Waals surface area contributed by atoms with Crippen LogP contribution in [0.5, 0.6) is 0 Å². The monoisotopic (exact) mass is 478 g/mol. The van der Waals surface area contributed by atoms with Crippen molar-refractivity contribution >= 4 is 35.3 Å². The van der Waals surface area contributed by atoms with Gasteiger partial charge in [0.1, 0.15) is 0 Å². The molecule has 2 aromatic carbocycles. The molecule has 1 N–H and O–H groups in total. The first-order valence-corrected chi connectivity index (χ1v) is 11.6. The number of nitrogens with zero attached hydrogens (tertiary/aromatic N) is 1. The zero-order valence-electron chi connectivity index (χ0n) is 19.4. The normalized spacial score (nSPS) is 15.5. The maximum absolute atomic E-state index is 12.9. The number of amides is 3. The lowest BCUT2D eigenvalue weighted by Gasteiger charge is -2.29. The first-order chi connectivity index (χ1) is 16.9. The molecule has 2 aliphatic rings. The first-order valence-electron chi connectivity index (χ1n) is 11.6. The summed E-state index contributed by atoms with van der Waals surface area (Å²) in [4.78, 5) is 63.4. The molecule has 0 bridgehead atoms. The molecule has 4 rings (SSSR count). The molecule has 9 nitrogen and oxygen atoms in total. The van der Waals surface area contributed by atoms with Crippen molar-refractivity contribution in [3.05, 3.63) is 64.7 Å². The molecule has 0 aromatic heterocycles. The molecule has 1 heterocycles. The number of anilines is 1. The van der Waals surface area contributed by atoms with Gasteiger partial charge in [-0.15, -0.1) is 0 Å². The summed E-state index contributed by atoms with van der Waals surface area (Å²) in [5.74, 6) is -2.54. The molecule has 35 heavy (non-hydrogen) atoms. The van der Waals surface area contributed by atoms with Gasteiger partial charge in [-0.05, 0) is 62.2 Å². The zero-order chi connectivity index (χ0) is 24.9. The van der Waals surface area contributed by atoms with Crippen LogP contribution >= 0.6 is 0 Å². The number of carbonyl (C=O) groups is 5. The van der Waals surface area contributed by atoms with Gasteiger partial charge in [-0.2, -0.15) is 0 Å². The number of benzene rings is 2. The third kappa shape index (κ3) is 5.24. The van der Waals surface area contributed by atoms with Crippen molar-refractivity contribution < 1.29 is 33.4 Å². The summed E-state index contributed by atoms with van der Waals surface area (Å²) < 4.78 is 9.99. The van der Waals surface area contributed by atoms with E-state index < -0.39 is 30.4 Å². The summed E-state index contributed by atoms with van der Waals surface area (Å²) in [5, 5.41) is 2.57. The van der Waals surface area contributed by atoms with E-state index in [0.29, 0.717) is 11.3 Å². The van der Waals surface area contributed by atoms with Crippen LogP contribution in [0.2, 0.25) is 0 Å². The lowest BCUT2D eigenvalue weighted by molar-refractivity contribution is -0.119. The molecule has 0 radical (unpaired) electrons. The molecule has 9 heteroatoms. The zero-order valence-corrected chi connectivity index (χ0v) is 19.4. The lowest BCUT2D eigenvalue weighted by Crippen LogP contribution is -2.40. The molecule has 0 saturated heterocycles. The van der Waals surface area contributed by atoms with Gasteiger partial charge in [0.05, 0.1) is 28.9 Å². The third-order valence-electron chi connectivity index (χ3n) is 6.11. The average Bonchev–Trinajstić information content (AvgIpc) is 3.12. The van der Waals surface area contributed by atoms with E-state index in [1.165, 1.54) is 47.4 Å². The number of hydrogen-bond acceptors (Lipinski definition) is 7. The minimum absolute atomic E-state index is 0.0852. The summed E-state index contributed by atoms with van der Waals surface area (Å²) in [7, 11) is 0. The Morgan fingerprint density at radius 2 is 1.49 bits per heavy atom. The minimum atomic E-state index is -0.781. The highest BCUT2D eigenvalue weighted by Gasteiger charge is 2.40. The van der Waals surface area contributed by atoms with Crippen molar-refractivity contribution in [2.75, 3.05) is 18.5 Å². The number of hydrogen-bond donors (Lipinski definition) is 1. The SMILES string of the molecule is CCOC(=O)c1ccc(NC(=O)COC(=O)c2ccc3c(c2)C(=O)N(C2CCCCC2)C3=O)cc1. The van der Waals surface area contributed by atoms with Crippen molar-refractivity contribution in [1.82, 2.24) is 4.90 Å². The second-order valence-corrected chi connectivity index (χ2v) is 8.45. The molecule has 0 unspecified atom stereocenters. The van der Waals surface area contributed by atoms with Gasteiger partial charge in [0.2, 0.25) is 0 Å². The van der Waals surface area contributed by atoms with E-state index in [4.69, 9.17) is 9.47 Å². The molecule has 3 amide bonds. The summed E-state index contributed by atoms with van der Waals surface area (Å²) in [6.07, 6.45) is 4.64. The molecular weight excluding hydrogens is 452 g/mol. The van der Waals surface area contributed by atoms with Crippen LogP contribution < -0.4 is 5.32 Å². The van der Waals surface area contributed by atoms with Gasteiger partial charge < -0.3 is 14.8 Å². The minimum Gasteiger partial charge on any atom is -0.462 e. The van der Waals surface area contributed by atoms with Crippen LogP contribution in [-0.2, 0) is 14.3 Å². The van der Waals surface area contributed by atoms with E-state index in [1.807, 2.05) is 0 Å². The summed E-state index contributed by atoms with van der Waals surface area (Å²) in [6, 6.07) is 10.2. The van der Waals surface area contributed by atoms with E-state index in [-0.39, 0.29) is 35.2 Å². The Bertz CT molecular complexity index is 1170. The lowest BCUT2D eigenvalue weighted by atomic mass is 9.94. The van der Waals surface area contributed by atoms with Crippen LogP contribution in [0, 0.1) is 0 Å². The van der Waals surface area contributed by atoms with Crippen molar-refractivity contribution in [1.29, 1.82) is 0 Å². The van der Waals surface area contributed by atoms with E-state index >= 15 is 0 Å². The van der Waals surface area contributed by atoms with E-state index in [2.05, 4.69) is 5.32 Å². The highest BCUT2D eigenvalue weighted by molar-refractivity contribution is 6.22. The number of ether oxygens (including phenoxy) is 2. The van der Waals surface area contributed by atoms with Crippen molar-refractivity contribution in [2.24, 2.45) is 0 Å². The number of rotatable bonds is 7. The Hall–Kier alpha value is -4.01. The van der Waals surface area contributed by atoms with Crippen molar-refractivity contribution in [3.63, 3.8) is 0 Å². The topological polar surface area (TPSA) is 119 Å². The average molecular weight is 479 g/mol. The maximum atomic E-state index is 12.9. The smallest absolute Gasteiger partial charge is 0.338 e. The van der Waals surface area contributed by atoms with Gasteiger partial charge >= 0.3 is 11.9 Å². The highest BCUT2D eigenvalue weighted by Crippen LogP contribution is 2.31. The summed E-state index contributed by atoms with van der Waals surface area (Å²) in [6.45, 7) is 1.42. The van der Waals surface area contributed by atoms with Gasteiger partial charge in [-0.25, -0.2) is 9.59 Å². The van der Waals surface area contributed by atoms with Crippen LogP contribution in [0.25, 0.3) is 0 Å². The summed E-state index contributed by atoms with van der Waals surface area (Å²) >= 11 is 0. The Morgan fingerprint density at radius 3 is 2.17 bits per heavy atom. The fraction of sp³-hybridized carbons (Fsp3) is 0.346. The second kappa shape index (κ2) is 10.5. The van der Waals surface area contributed by atoms with Gasteiger partial charge in [-0.3, -0.25) is 19.3 Å². The van der Waals surface area contributed by atoms with Gasteiger partial charge in [-0.1, -0.05) is 19.3 Å². The molecule has 1 fully saturated rings. The Morgan fingerprint density at radius 1 is 0.857 bits per heavy atom. The van der Waals surface area contributed by atoms with E-state index in [9.17, 15) is 24.0 Å². The molecule has 1 aliphatic heterocycles. The Balaban J connectivity index is 1.34. The van der Waals surface area contributed by atoms with Crippen molar-refractivity contribution in [2.45, 2.75) is 45.1 Å². The van der Waals surface area contributed by atoms with Crippen LogP contribution in [0.15, 0.2) is 42.5 Å². The fourth-order valence-corrected chi connectivity index (χ4v) is 4.37. The molecule has 0 atom stereocenters. The van der Waals surface area contributed by atoms with Gasteiger partial charge in [0.25, 0.3) is 17.7 Å². The number of imide groups is 1. The number of fused-ring (bicyclic) bond motifs is 1. The highest BCUT2D eigenvalue weighted by atomic mass is 16.5. The molecule has 182 valence electrons. The van der Waals surface area contributed by atoms with E-state index in [1.54, 1.807) is 6.92 Å². The van der Waals surface area contributed by atoms with Gasteiger partial charge in [0, 0.05) is 11.7 Å².